The van der Waals surface area contributed by atoms with Crippen molar-refractivity contribution in [1.29, 1.82) is 0 Å². The first-order chi connectivity index (χ1) is 20.0. The standard InChI is InChI=1S/3C13H27O.Al/c3*1-6-7-8-13(14,9-11(2)3)10-12(4)5;/h3*11-12H,6-10H2,1-5H3;/q3*-1;+3. The number of unbranched alkanes of at least 4 members (excludes halogenated alkanes) is 3. The fourth-order valence-electron chi connectivity index (χ4n) is 7.97. The quantitative estimate of drug-likeness (QED) is 0.0851. The highest BCUT2D eigenvalue weighted by Crippen LogP contribution is 2.42. The molecule has 0 heterocycles. The normalized spacial score (nSPS) is 13.6. The molecule has 0 fully saturated rings. The Morgan fingerprint density at radius 2 is 0.558 bits per heavy atom. The molecular formula is C39H81AlO3. The number of hydrogen-bond acceptors (Lipinski definition) is 3. The summed E-state index contributed by atoms with van der Waals surface area (Å²) in [5, 5.41) is 0. The second kappa shape index (κ2) is 22.1. The van der Waals surface area contributed by atoms with Crippen molar-refractivity contribution in [2.75, 3.05) is 0 Å². The SMILES string of the molecule is CCCCC(CC(C)C)(CC(C)C)[O][Al]([O]C(CCCC)(CC(C)C)CC(C)C)[O]C(CCCC)(CC(C)C)CC(C)C. The van der Waals surface area contributed by atoms with Crippen LogP contribution in [0.1, 0.15) is 200 Å². The summed E-state index contributed by atoms with van der Waals surface area (Å²) in [7, 11) is 0. The van der Waals surface area contributed by atoms with Gasteiger partial charge in [0.15, 0.2) is 0 Å². The van der Waals surface area contributed by atoms with Gasteiger partial charge >= 0.3 is 15.1 Å². The predicted octanol–water partition coefficient (Wildman–Crippen LogP) is 13.1. The summed E-state index contributed by atoms with van der Waals surface area (Å²) in [6.45, 7) is 35.4. The van der Waals surface area contributed by atoms with Gasteiger partial charge in [0.25, 0.3) is 0 Å². The number of hydrogen-bond donors (Lipinski definition) is 0. The van der Waals surface area contributed by atoms with Crippen molar-refractivity contribution in [3.8, 4) is 0 Å². The van der Waals surface area contributed by atoms with E-state index in [0.29, 0.717) is 35.5 Å². The molecule has 0 bridgehead atoms. The van der Waals surface area contributed by atoms with E-state index in [4.69, 9.17) is 11.4 Å². The van der Waals surface area contributed by atoms with Crippen LogP contribution < -0.4 is 0 Å². The van der Waals surface area contributed by atoms with E-state index in [9.17, 15) is 0 Å². The van der Waals surface area contributed by atoms with E-state index in [1.54, 1.807) is 0 Å². The fraction of sp³-hybridized carbons (Fsp3) is 1.00. The summed E-state index contributed by atoms with van der Waals surface area (Å²) in [4.78, 5) is 0. The molecule has 3 nitrogen and oxygen atoms in total. The van der Waals surface area contributed by atoms with Gasteiger partial charge in [-0.05, 0) is 93.3 Å². The van der Waals surface area contributed by atoms with Crippen molar-refractivity contribution < 1.29 is 11.4 Å². The molecule has 0 aromatic rings. The van der Waals surface area contributed by atoms with Gasteiger partial charge in [-0.15, -0.1) is 0 Å². The van der Waals surface area contributed by atoms with Gasteiger partial charge in [0.05, 0.1) is 0 Å². The van der Waals surface area contributed by atoms with Gasteiger partial charge in [-0.3, -0.25) is 0 Å². The summed E-state index contributed by atoms with van der Waals surface area (Å²) in [5.41, 5.74) is -0.561. The zero-order chi connectivity index (χ0) is 33.3. The Bertz CT molecular complexity index is 549. The second-order valence-electron chi connectivity index (χ2n) is 17.1. The van der Waals surface area contributed by atoms with Gasteiger partial charge < -0.3 is 11.4 Å². The third kappa shape index (κ3) is 19.0. The average Bonchev–Trinajstić information content (AvgIpc) is 2.82. The molecule has 0 spiro atoms. The molecule has 0 aromatic heterocycles. The molecule has 0 radical (unpaired) electrons. The minimum Gasteiger partial charge on any atom is -0.449 e. The molecular weight excluding hydrogens is 543 g/mol. The second-order valence-corrected chi connectivity index (χ2v) is 18.4. The van der Waals surface area contributed by atoms with E-state index in [2.05, 4.69) is 104 Å². The monoisotopic (exact) mass is 625 g/mol. The maximum Gasteiger partial charge on any atom is 0.906 e. The molecule has 258 valence electrons. The molecule has 0 amide bonds. The first kappa shape index (κ1) is 43.4. The van der Waals surface area contributed by atoms with E-state index >= 15 is 0 Å². The van der Waals surface area contributed by atoms with Crippen LogP contribution in [-0.4, -0.2) is 32.0 Å². The topological polar surface area (TPSA) is 27.7 Å². The molecule has 43 heavy (non-hydrogen) atoms. The van der Waals surface area contributed by atoms with Crippen LogP contribution in [0, 0.1) is 35.5 Å². The van der Waals surface area contributed by atoms with Gasteiger partial charge in [0.2, 0.25) is 0 Å². The molecule has 0 saturated heterocycles. The Balaban J connectivity index is 7.25. The summed E-state index contributed by atoms with van der Waals surface area (Å²) in [5.74, 6) is 3.40. The minimum atomic E-state index is -2.59. The molecule has 0 rings (SSSR count). The lowest BCUT2D eigenvalue weighted by molar-refractivity contribution is -0.122. The van der Waals surface area contributed by atoms with Crippen LogP contribution in [0.15, 0.2) is 0 Å². The van der Waals surface area contributed by atoms with Crippen LogP contribution in [0.2, 0.25) is 0 Å². The van der Waals surface area contributed by atoms with Gasteiger partial charge in [-0.1, -0.05) is 142 Å². The molecule has 0 aliphatic rings. The van der Waals surface area contributed by atoms with Crippen molar-refractivity contribution in [3.63, 3.8) is 0 Å². The molecule has 0 aromatic carbocycles. The van der Waals surface area contributed by atoms with Crippen LogP contribution in [0.5, 0.6) is 0 Å². The van der Waals surface area contributed by atoms with Gasteiger partial charge in [-0.2, -0.15) is 0 Å². The summed E-state index contributed by atoms with van der Waals surface area (Å²) in [6.07, 6.45) is 16.9. The van der Waals surface area contributed by atoms with E-state index in [1.165, 1.54) is 38.5 Å². The summed E-state index contributed by atoms with van der Waals surface area (Å²) in [6, 6.07) is 0. The molecule has 0 N–H and O–H groups in total. The minimum absolute atomic E-state index is 0.187. The lowest BCUT2D eigenvalue weighted by atomic mass is 9.81. The van der Waals surface area contributed by atoms with Crippen molar-refractivity contribution in [2.24, 2.45) is 35.5 Å². The van der Waals surface area contributed by atoms with Gasteiger partial charge in [-0.25, -0.2) is 0 Å². The zero-order valence-corrected chi connectivity index (χ0v) is 33.5. The van der Waals surface area contributed by atoms with Crippen molar-refractivity contribution >= 4 is 15.1 Å². The maximum absolute atomic E-state index is 7.65. The Morgan fingerprint density at radius 1 is 0.372 bits per heavy atom. The van der Waals surface area contributed by atoms with E-state index in [1.807, 2.05) is 0 Å². The molecule has 0 saturated carbocycles. The summed E-state index contributed by atoms with van der Waals surface area (Å²) >= 11 is -2.59. The van der Waals surface area contributed by atoms with Gasteiger partial charge in [0.1, 0.15) is 0 Å². The van der Waals surface area contributed by atoms with E-state index in [0.717, 1.165) is 57.8 Å². The fourth-order valence-corrected chi connectivity index (χ4v) is 10.3. The molecule has 0 aliphatic heterocycles. The lowest BCUT2D eigenvalue weighted by Crippen LogP contribution is -2.53. The van der Waals surface area contributed by atoms with Gasteiger partial charge in [0, 0.05) is 16.8 Å². The highest BCUT2D eigenvalue weighted by atomic mass is 27.3. The summed E-state index contributed by atoms with van der Waals surface area (Å²) < 4.78 is 23.0. The third-order valence-corrected chi connectivity index (χ3v) is 10.8. The third-order valence-electron chi connectivity index (χ3n) is 8.68. The first-order valence-corrected chi connectivity index (χ1v) is 20.4. The smallest absolute Gasteiger partial charge is 0.449 e. The largest absolute Gasteiger partial charge is 0.906 e. The molecule has 0 atom stereocenters. The predicted molar refractivity (Wildman–Crippen MR) is 193 cm³/mol. The molecule has 0 aliphatic carbocycles. The van der Waals surface area contributed by atoms with Crippen LogP contribution in [0.3, 0.4) is 0 Å². The lowest BCUT2D eigenvalue weighted by Gasteiger charge is -2.47. The zero-order valence-electron chi connectivity index (χ0n) is 32.4. The van der Waals surface area contributed by atoms with Crippen LogP contribution >= 0.6 is 0 Å². The highest BCUT2D eigenvalue weighted by molar-refractivity contribution is 6.37. The van der Waals surface area contributed by atoms with Crippen LogP contribution in [0.25, 0.3) is 0 Å². The molecule has 0 unspecified atom stereocenters. The Morgan fingerprint density at radius 3 is 0.698 bits per heavy atom. The Kier molecular flexibility index (Phi) is 22.3. The first-order valence-electron chi connectivity index (χ1n) is 19.0. The van der Waals surface area contributed by atoms with Crippen molar-refractivity contribution in [1.82, 2.24) is 0 Å². The number of rotatable bonds is 27. The Hall–Kier alpha value is 0.412. The van der Waals surface area contributed by atoms with E-state index < -0.39 is 15.1 Å². The molecule has 4 heteroatoms. The maximum atomic E-state index is 7.65. The van der Waals surface area contributed by atoms with Crippen LogP contribution in [-0.2, 0) is 11.4 Å². The highest BCUT2D eigenvalue weighted by Gasteiger charge is 2.52. The van der Waals surface area contributed by atoms with E-state index in [-0.39, 0.29) is 16.8 Å². The van der Waals surface area contributed by atoms with Crippen molar-refractivity contribution in [3.05, 3.63) is 0 Å². The van der Waals surface area contributed by atoms with Crippen LogP contribution in [0.4, 0.5) is 0 Å². The Labute approximate surface area is 278 Å². The average molecular weight is 625 g/mol. The van der Waals surface area contributed by atoms with Crippen molar-refractivity contribution in [2.45, 2.75) is 217 Å².